The first-order valence-electron chi connectivity index (χ1n) is 8.73. The summed E-state index contributed by atoms with van der Waals surface area (Å²) in [7, 11) is 0. The molecule has 0 saturated heterocycles. The molecule has 1 atom stereocenters. The third-order valence-electron chi connectivity index (χ3n) is 4.75. The van der Waals surface area contributed by atoms with E-state index in [1.165, 1.54) is 6.07 Å². The van der Waals surface area contributed by atoms with Crippen LogP contribution in [0.3, 0.4) is 0 Å². The van der Waals surface area contributed by atoms with E-state index in [1.54, 1.807) is 18.2 Å². The first kappa shape index (κ1) is 18.5. The number of nitrogens with zero attached hydrogens (tertiary/aromatic N) is 1. The number of benzene rings is 1. The summed E-state index contributed by atoms with van der Waals surface area (Å²) in [4.78, 5) is 25.8. The van der Waals surface area contributed by atoms with E-state index < -0.39 is 37.2 Å². The summed E-state index contributed by atoms with van der Waals surface area (Å²) in [6, 6.07) is 4.92. The van der Waals surface area contributed by atoms with Gasteiger partial charge in [-0.3, -0.25) is 9.59 Å². The zero-order chi connectivity index (χ0) is 18.7. The van der Waals surface area contributed by atoms with Gasteiger partial charge in [0.2, 0.25) is 5.91 Å². The Bertz CT molecular complexity index is 672. The van der Waals surface area contributed by atoms with Crippen LogP contribution in [-0.2, 0) is 9.59 Å². The van der Waals surface area contributed by atoms with Crippen LogP contribution in [0, 0.1) is 0 Å². The smallest absolute Gasteiger partial charge is 0.406 e. The summed E-state index contributed by atoms with van der Waals surface area (Å²) in [5, 5.41) is 2.84. The van der Waals surface area contributed by atoms with E-state index in [-0.39, 0.29) is 17.4 Å². The highest BCUT2D eigenvalue weighted by molar-refractivity contribution is 5.90. The van der Waals surface area contributed by atoms with Crippen molar-refractivity contribution in [3.8, 4) is 5.75 Å². The van der Waals surface area contributed by atoms with E-state index in [0.29, 0.717) is 4.90 Å². The quantitative estimate of drug-likeness (QED) is 0.890. The van der Waals surface area contributed by atoms with Crippen LogP contribution in [0.15, 0.2) is 24.3 Å². The summed E-state index contributed by atoms with van der Waals surface area (Å²) < 4.78 is 44.5. The van der Waals surface area contributed by atoms with Gasteiger partial charge in [0, 0.05) is 11.6 Å². The second kappa shape index (κ2) is 7.55. The fourth-order valence-corrected chi connectivity index (χ4v) is 3.55. The Morgan fingerprint density at radius 2 is 1.88 bits per heavy atom. The molecule has 1 aromatic rings. The second-order valence-corrected chi connectivity index (χ2v) is 6.71. The van der Waals surface area contributed by atoms with Gasteiger partial charge in [-0.1, -0.05) is 37.5 Å². The average Bonchev–Trinajstić information content (AvgIpc) is 2.72. The normalized spacial score (nSPS) is 21.6. The Hall–Kier alpha value is -2.25. The Kier molecular flexibility index (Phi) is 5.38. The van der Waals surface area contributed by atoms with E-state index in [9.17, 15) is 22.8 Å². The highest BCUT2D eigenvalue weighted by Crippen LogP contribution is 2.35. The molecule has 3 rings (SSSR count). The molecule has 26 heavy (non-hydrogen) atoms. The number of carbonyl (C=O) groups is 2. The van der Waals surface area contributed by atoms with Crippen molar-refractivity contribution in [1.82, 2.24) is 10.2 Å². The molecule has 1 N–H and O–H groups in total. The molecule has 2 aliphatic rings. The lowest BCUT2D eigenvalue weighted by atomic mass is 9.94. The lowest BCUT2D eigenvalue weighted by molar-refractivity contribution is -0.169. The van der Waals surface area contributed by atoms with Crippen LogP contribution < -0.4 is 10.1 Å². The van der Waals surface area contributed by atoms with Crippen LogP contribution in [0.1, 0.15) is 43.7 Å². The third kappa shape index (κ3) is 4.28. The molecule has 8 heteroatoms. The minimum absolute atomic E-state index is 0.0737. The summed E-state index contributed by atoms with van der Waals surface area (Å²) in [6.45, 7) is -2.02. The predicted molar refractivity (Wildman–Crippen MR) is 87.5 cm³/mol. The monoisotopic (exact) mass is 370 g/mol. The van der Waals surface area contributed by atoms with Gasteiger partial charge in [0.1, 0.15) is 18.3 Å². The number of ether oxygens (including phenoxy) is 1. The molecule has 142 valence electrons. The molecule has 1 unspecified atom stereocenters. The molecule has 2 amide bonds. The maximum atomic E-state index is 13.1. The maximum absolute atomic E-state index is 13.1. The summed E-state index contributed by atoms with van der Waals surface area (Å²) >= 11 is 0. The third-order valence-corrected chi connectivity index (χ3v) is 4.75. The number of halogens is 3. The Labute approximate surface area is 149 Å². The van der Waals surface area contributed by atoms with Crippen LogP contribution in [0.25, 0.3) is 0 Å². The number of nitrogens with one attached hydrogen (secondary N) is 1. The van der Waals surface area contributed by atoms with Gasteiger partial charge >= 0.3 is 6.18 Å². The molecule has 0 spiro atoms. The van der Waals surface area contributed by atoms with Gasteiger partial charge < -0.3 is 15.0 Å². The molecule has 0 aromatic heterocycles. The number of rotatable bonds is 3. The summed E-state index contributed by atoms with van der Waals surface area (Å²) in [6.07, 6.45) is 0.0120. The zero-order valence-corrected chi connectivity index (χ0v) is 14.2. The number of fused-ring (bicyclic) bond motifs is 1. The lowest BCUT2D eigenvalue weighted by Crippen LogP contribution is -2.49. The first-order chi connectivity index (χ1) is 12.3. The van der Waals surface area contributed by atoms with E-state index >= 15 is 0 Å². The van der Waals surface area contributed by atoms with Gasteiger partial charge in [0.25, 0.3) is 5.91 Å². The molecule has 5 nitrogen and oxygen atoms in total. The van der Waals surface area contributed by atoms with Gasteiger partial charge in [-0.15, -0.1) is 0 Å². The highest BCUT2D eigenvalue weighted by atomic mass is 19.4. The van der Waals surface area contributed by atoms with E-state index in [1.807, 2.05) is 0 Å². The molecular weight excluding hydrogens is 349 g/mol. The van der Waals surface area contributed by atoms with Crippen LogP contribution >= 0.6 is 0 Å². The van der Waals surface area contributed by atoms with Crippen molar-refractivity contribution in [3.63, 3.8) is 0 Å². The largest absolute Gasteiger partial charge is 0.483 e. The van der Waals surface area contributed by atoms with Crippen molar-refractivity contribution in [2.24, 2.45) is 0 Å². The molecule has 1 heterocycles. The van der Waals surface area contributed by atoms with Gasteiger partial charge in [0.05, 0.1) is 0 Å². The van der Waals surface area contributed by atoms with Crippen LogP contribution in [-0.4, -0.2) is 42.1 Å². The van der Waals surface area contributed by atoms with Crippen molar-refractivity contribution in [2.45, 2.75) is 50.4 Å². The van der Waals surface area contributed by atoms with E-state index in [4.69, 9.17) is 4.74 Å². The Morgan fingerprint density at radius 3 is 2.58 bits per heavy atom. The minimum atomic E-state index is -4.61. The summed E-state index contributed by atoms with van der Waals surface area (Å²) in [5.74, 6) is -1.19. The minimum Gasteiger partial charge on any atom is -0.483 e. The molecule has 0 bridgehead atoms. The average molecular weight is 370 g/mol. The fraction of sp³-hybridized carbons (Fsp3) is 0.556. The molecule has 1 aliphatic carbocycles. The SMILES string of the molecule is O=C(NC1CCCCC1)C1c2ccccc2OCC(=O)N1CC(F)(F)F. The number of hydrogen-bond donors (Lipinski definition) is 1. The molecular formula is C18H21F3N2O3. The number of para-hydroxylation sites is 1. The Balaban J connectivity index is 1.92. The standard InChI is InChI=1S/C18H21F3N2O3/c19-18(20,21)11-23-15(24)10-26-14-9-5-4-8-13(14)16(23)17(25)22-12-6-2-1-3-7-12/h4-5,8-9,12,16H,1-3,6-7,10-11H2,(H,22,25). The number of hydrogen-bond acceptors (Lipinski definition) is 3. The van der Waals surface area contributed by atoms with Crippen molar-refractivity contribution in [2.75, 3.05) is 13.2 Å². The number of alkyl halides is 3. The van der Waals surface area contributed by atoms with Crippen molar-refractivity contribution in [1.29, 1.82) is 0 Å². The highest BCUT2D eigenvalue weighted by Gasteiger charge is 2.42. The van der Waals surface area contributed by atoms with Crippen molar-refractivity contribution >= 4 is 11.8 Å². The number of amides is 2. The summed E-state index contributed by atoms with van der Waals surface area (Å²) in [5.41, 5.74) is 0.274. The van der Waals surface area contributed by atoms with E-state index in [0.717, 1.165) is 32.1 Å². The van der Waals surface area contributed by atoms with Gasteiger partial charge in [-0.05, 0) is 18.9 Å². The van der Waals surface area contributed by atoms with Crippen molar-refractivity contribution < 1.29 is 27.5 Å². The molecule has 1 fully saturated rings. The van der Waals surface area contributed by atoms with Gasteiger partial charge in [0.15, 0.2) is 6.61 Å². The van der Waals surface area contributed by atoms with Gasteiger partial charge in [-0.25, -0.2) is 0 Å². The van der Waals surface area contributed by atoms with Crippen LogP contribution in [0.2, 0.25) is 0 Å². The maximum Gasteiger partial charge on any atom is 0.406 e. The molecule has 1 aliphatic heterocycles. The fourth-order valence-electron chi connectivity index (χ4n) is 3.55. The van der Waals surface area contributed by atoms with E-state index in [2.05, 4.69) is 5.32 Å². The topological polar surface area (TPSA) is 58.6 Å². The Morgan fingerprint density at radius 1 is 1.19 bits per heavy atom. The lowest BCUT2D eigenvalue weighted by Gasteiger charge is -2.32. The van der Waals surface area contributed by atoms with Crippen LogP contribution in [0.4, 0.5) is 13.2 Å². The molecule has 1 aromatic carbocycles. The first-order valence-corrected chi connectivity index (χ1v) is 8.73. The molecule has 1 saturated carbocycles. The predicted octanol–water partition coefficient (Wildman–Crippen LogP) is 2.96. The van der Waals surface area contributed by atoms with Gasteiger partial charge in [-0.2, -0.15) is 13.2 Å². The van der Waals surface area contributed by atoms with Crippen LogP contribution in [0.5, 0.6) is 5.75 Å². The molecule has 0 radical (unpaired) electrons. The van der Waals surface area contributed by atoms with Crippen molar-refractivity contribution in [3.05, 3.63) is 29.8 Å². The zero-order valence-electron chi connectivity index (χ0n) is 14.2. The second-order valence-electron chi connectivity index (χ2n) is 6.71. The number of carbonyl (C=O) groups excluding carboxylic acids is 2.